The summed E-state index contributed by atoms with van der Waals surface area (Å²) in [7, 11) is -0.643. The van der Waals surface area contributed by atoms with E-state index in [1.54, 1.807) is 18.2 Å². The largest absolute Gasteiger partial charge is 0.456 e. The van der Waals surface area contributed by atoms with Crippen LogP contribution in [0.25, 0.3) is 21.9 Å². The number of para-hydroxylation sites is 1. The minimum Gasteiger partial charge on any atom is -0.456 e. The van der Waals surface area contributed by atoms with Crippen LogP contribution in [-0.2, 0) is 10.0 Å². The Bertz CT molecular complexity index is 1290. The monoisotopic (exact) mass is 395 g/mol. The summed E-state index contributed by atoms with van der Waals surface area (Å²) in [5, 5.41) is 1.79. The Morgan fingerprint density at radius 3 is 2.29 bits per heavy atom. The zero-order valence-electron chi connectivity index (χ0n) is 15.2. The molecule has 142 valence electrons. The van der Waals surface area contributed by atoms with E-state index in [1.165, 1.54) is 38.4 Å². The first kappa shape index (κ1) is 18.2. The van der Waals surface area contributed by atoms with Gasteiger partial charge in [-0.3, -0.25) is 0 Å². The van der Waals surface area contributed by atoms with Crippen molar-refractivity contribution in [2.24, 2.45) is 0 Å². The molecule has 0 N–H and O–H groups in total. The van der Waals surface area contributed by atoms with Gasteiger partial charge in [-0.1, -0.05) is 18.2 Å². The van der Waals surface area contributed by atoms with Crippen LogP contribution >= 0.6 is 0 Å². The molecule has 6 nitrogen and oxygen atoms in total. The van der Waals surface area contributed by atoms with E-state index in [0.29, 0.717) is 11.3 Å². The molecule has 4 rings (SSSR count). The van der Waals surface area contributed by atoms with Crippen LogP contribution in [0.3, 0.4) is 0 Å². The van der Waals surface area contributed by atoms with E-state index in [2.05, 4.69) is 0 Å². The lowest BCUT2D eigenvalue weighted by molar-refractivity contribution is 0.0735. The Morgan fingerprint density at radius 1 is 0.893 bits per heavy atom. The first-order valence-corrected chi connectivity index (χ1v) is 9.96. The van der Waals surface area contributed by atoms with Crippen LogP contribution in [-0.4, -0.2) is 32.8 Å². The van der Waals surface area contributed by atoms with Crippen molar-refractivity contribution in [3.63, 3.8) is 0 Å². The van der Waals surface area contributed by atoms with Crippen molar-refractivity contribution >= 4 is 37.9 Å². The number of carbonyl (C=O) groups is 1. The molecule has 0 atom stereocenters. The Morgan fingerprint density at radius 2 is 1.57 bits per heavy atom. The summed E-state index contributed by atoms with van der Waals surface area (Å²) in [6, 6.07) is 18.4. The summed E-state index contributed by atoms with van der Waals surface area (Å²) in [4.78, 5) is 12.6. The maximum Gasteiger partial charge on any atom is 0.343 e. The number of nitrogens with zero attached hydrogens (tertiary/aromatic N) is 1. The molecule has 0 radical (unpaired) electrons. The smallest absolute Gasteiger partial charge is 0.343 e. The molecule has 1 heterocycles. The van der Waals surface area contributed by atoms with E-state index in [4.69, 9.17) is 9.15 Å². The van der Waals surface area contributed by atoms with Gasteiger partial charge in [0.2, 0.25) is 10.0 Å². The van der Waals surface area contributed by atoms with Crippen molar-refractivity contribution in [3.05, 3.63) is 72.3 Å². The highest BCUT2D eigenvalue weighted by Gasteiger charge is 2.18. The minimum atomic E-state index is -3.55. The second kappa shape index (κ2) is 6.78. The van der Waals surface area contributed by atoms with Crippen LogP contribution in [0.2, 0.25) is 0 Å². The summed E-state index contributed by atoms with van der Waals surface area (Å²) in [6.45, 7) is 0. The maximum absolute atomic E-state index is 12.4. The predicted octanol–water partition coefficient (Wildman–Crippen LogP) is 4.06. The molecule has 0 amide bonds. The van der Waals surface area contributed by atoms with Gasteiger partial charge in [0.05, 0.1) is 10.5 Å². The molecule has 0 aliphatic heterocycles. The third-order valence-corrected chi connectivity index (χ3v) is 6.26. The van der Waals surface area contributed by atoms with Crippen molar-refractivity contribution in [2.75, 3.05) is 14.1 Å². The van der Waals surface area contributed by atoms with Crippen molar-refractivity contribution in [3.8, 4) is 5.75 Å². The highest BCUT2D eigenvalue weighted by molar-refractivity contribution is 7.89. The number of fused-ring (bicyclic) bond motifs is 3. The van der Waals surface area contributed by atoms with Gasteiger partial charge in [0.1, 0.15) is 16.9 Å². The third kappa shape index (κ3) is 3.15. The fourth-order valence-corrected chi connectivity index (χ4v) is 3.81. The molecule has 4 aromatic rings. The Hall–Kier alpha value is -3.16. The number of furan rings is 1. The van der Waals surface area contributed by atoms with Crippen LogP contribution < -0.4 is 4.74 Å². The summed E-state index contributed by atoms with van der Waals surface area (Å²) in [5.41, 5.74) is 1.73. The normalized spacial score (nSPS) is 12.0. The van der Waals surface area contributed by atoms with Gasteiger partial charge in [-0.15, -0.1) is 0 Å². The lowest BCUT2D eigenvalue weighted by Crippen LogP contribution is -2.22. The number of sulfonamides is 1. The van der Waals surface area contributed by atoms with Gasteiger partial charge < -0.3 is 9.15 Å². The lowest BCUT2D eigenvalue weighted by atomic mass is 10.1. The molecule has 28 heavy (non-hydrogen) atoms. The minimum absolute atomic E-state index is 0.111. The summed E-state index contributed by atoms with van der Waals surface area (Å²) in [5.74, 6) is -0.185. The average molecular weight is 395 g/mol. The number of rotatable bonds is 4. The van der Waals surface area contributed by atoms with Crippen molar-refractivity contribution in [1.82, 2.24) is 4.31 Å². The SMILES string of the molecule is CN(C)S(=O)(=O)c1ccc(C(=O)Oc2ccc3oc4ccccc4c3c2)cc1. The van der Waals surface area contributed by atoms with Gasteiger partial charge in [0.25, 0.3) is 0 Å². The number of hydrogen-bond donors (Lipinski definition) is 0. The molecule has 0 saturated carbocycles. The van der Waals surface area contributed by atoms with E-state index >= 15 is 0 Å². The lowest BCUT2D eigenvalue weighted by Gasteiger charge is -2.11. The fraction of sp³-hybridized carbons (Fsp3) is 0.0952. The van der Waals surface area contributed by atoms with Crippen LogP contribution in [0.5, 0.6) is 5.75 Å². The first-order chi connectivity index (χ1) is 13.4. The van der Waals surface area contributed by atoms with E-state index in [0.717, 1.165) is 20.7 Å². The van der Waals surface area contributed by atoms with Gasteiger partial charge in [-0.25, -0.2) is 17.5 Å². The van der Waals surface area contributed by atoms with Gasteiger partial charge in [0.15, 0.2) is 0 Å². The van der Waals surface area contributed by atoms with E-state index in [1.807, 2.05) is 24.3 Å². The Labute approximate surface area is 162 Å². The topological polar surface area (TPSA) is 76.8 Å². The Kier molecular flexibility index (Phi) is 4.41. The molecule has 0 aliphatic carbocycles. The molecule has 0 bridgehead atoms. The molecular formula is C21H17NO5S. The molecule has 1 aromatic heterocycles. The zero-order chi connectivity index (χ0) is 19.9. The second-order valence-electron chi connectivity index (χ2n) is 6.46. The zero-order valence-corrected chi connectivity index (χ0v) is 16.1. The van der Waals surface area contributed by atoms with Gasteiger partial charge in [0, 0.05) is 24.9 Å². The summed E-state index contributed by atoms with van der Waals surface area (Å²) in [6.07, 6.45) is 0. The quantitative estimate of drug-likeness (QED) is 0.385. The average Bonchev–Trinajstić information content (AvgIpc) is 3.06. The van der Waals surface area contributed by atoms with E-state index in [9.17, 15) is 13.2 Å². The van der Waals surface area contributed by atoms with Crippen LogP contribution in [0.1, 0.15) is 10.4 Å². The number of hydrogen-bond acceptors (Lipinski definition) is 5. The van der Waals surface area contributed by atoms with E-state index in [-0.39, 0.29) is 10.5 Å². The molecule has 0 aliphatic rings. The summed E-state index contributed by atoms with van der Waals surface area (Å²) >= 11 is 0. The highest BCUT2D eigenvalue weighted by atomic mass is 32.2. The molecular weight excluding hydrogens is 378 g/mol. The predicted molar refractivity (Wildman–Crippen MR) is 106 cm³/mol. The Balaban J connectivity index is 1.60. The molecule has 0 saturated heterocycles. The van der Waals surface area contributed by atoms with Crippen molar-refractivity contribution < 1.29 is 22.4 Å². The third-order valence-electron chi connectivity index (χ3n) is 4.43. The number of carbonyl (C=O) groups excluding carboxylic acids is 1. The maximum atomic E-state index is 12.4. The number of benzene rings is 3. The van der Waals surface area contributed by atoms with Crippen molar-refractivity contribution in [2.45, 2.75) is 4.90 Å². The molecule has 0 fully saturated rings. The molecule has 0 spiro atoms. The molecule has 3 aromatic carbocycles. The van der Waals surface area contributed by atoms with Gasteiger partial charge in [-0.05, 0) is 48.5 Å². The number of esters is 1. The van der Waals surface area contributed by atoms with Gasteiger partial charge in [-0.2, -0.15) is 0 Å². The standard InChI is InChI=1S/C21H17NO5S/c1-22(2)28(24,25)16-10-7-14(8-11-16)21(23)26-15-9-12-20-18(13-15)17-5-3-4-6-19(17)27-20/h3-13H,1-2H3. The highest BCUT2D eigenvalue weighted by Crippen LogP contribution is 2.31. The fourth-order valence-electron chi connectivity index (χ4n) is 2.91. The van der Waals surface area contributed by atoms with Crippen LogP contribution in [0, 0.1) is 0 Å². The first-order valence-electron chi connectivity index (χ1n) is 8.52. The van der Waals surface area contributed by atoms with E-state index < -0.39 is 16.0 Å². The molecule has 7 heteroatoms. The van der Waals surface area contributed by atoms with Crippen molar-refractivity contribution in [1.29, 1.82) is 0 Å². The summed E-state index contributed by atoms with van der Waals surface area (Å²) < 4.78 is 36.6. The van der Waals surface area contributed by atoms with Crippen LogP contribution in [0.15, 0.2) is 76.0 Å². The second-order valence-corrected chi connectivity index (χ2v) is 8.61. The number of ether oxygens (including phenoxy) is 1. The van der Waals surface area contributed by atoms with Crippen LogP contribution in [0.4, 0.5) is 0 Å². The molecule has 0 unspecified atom stereocenters. The van der Waals surface area contributed by atoms with Gasteiger partial charge >= 0.3 is 5.97 Å².